The first-order valence-electron chi connectivity index (χ1n) is 10.5. The van der Waals surface area contributed by atoms with Crippen LogP contribution in [0.3, 0.4) is 0 Å². The molecule has 0 saturated carbocycles. The number of Topliss-reactive ketones (excluding diaryl/α,β-unsaturated/α-hetero) is 1. The average molecular weight is 467 g/mol. The highest BCUT2D eigenvalue weighted by Crippen LogP contribution is 2.53. The molecule has 1 N–H and O–H groups in total. The number of halogens is 1. The second kappa shape index (κ2) is 8.84. The molecular formula is C25H23ClN2O5. The van der Waals surface area contributed by atoms with E-state index in [0.29, 0.717) is 29.3 Å². The fourth-order valence-corrected chi connectivity index (χ4v) is 4.72. The van der Waals surface area contributed by atoms with Crippen molar-refractivity contribution >= 4 is 40.6 Å². The van der Waals surface area contributed by atoms with Crippen molar-refractivity contribution in [3.8, 4) is 0 Å². The molecule has 2 heterocycles. The van der Waals surface area contributed by atoms with Crippen LogP contribution in [0.1, 0.15) is 17.5 Å². The SMILES string of the molecule is C=CCN1C(=O)C2(/C(=C(\O)c3ccc(Cl)cc3)C(=O)C(=O)N2CCCOC)c2ccccc21. The number of rotatable bonds is 7. The number of para-hydroxylation sites is 1. The van der Waals surface area contributed by atoms with Gasteiger partial charge in [-0.3, -0.25) is 14.4 Å². The summed E-state index contributed by atoms with van der Waals surface area (Å²) in [5, 5.41) is 11.7. The Morgan fingerprint density at radius 2 is 1.85 bits per heavy atom. The molecule has 1 unspecified atom stereocenters. The molecule has 4 rings (SSSR count). The number of carbonyl (C=O) groups is 3. The Labute approximate surface area is 196 Å². The Hall–Kier alpha value is -3.42. The number of aliphatic hydroxyl groups excluding tert-OH is 1. The Bertz CT molecular complexity index is 1170. The molecule has 1 spiro atoms. The largest absolute Gasteiger partial charge is 0.507 e. The average Bonchev–Trinajstić information content (AvgIpc) is 3.19. The quantitative estimate of drug-likeness (QED) is 0.222. The van der Waals surface area contributed by atoms with Crippen LogP contribution in [0.4, 0.5) is 5.69 Å². The molecule has 170 valence electrons. The van der Waals surface area contributed by atoms with Crippen molar-refractivity contribution in [3.05, 3.63) is 82.9 Å². The van der Waals surface area contributed by atoms with Gasteiger partial charge in [0.1, 0.15) is 5.76 Å². The highest BCUT2D eigenvalue weighted by Gasteiger charge is 2.66. The van der Waals surface area contributed by atoms with Crippen LogP contribution in [0, 0.1) is 0 Å². The van der Waals surface area contributed by atoms with E-state index in [0.717, 1.165) is 0 Å². The second-order valence-corrected chi connectivity index (χ2v) is 8.23. The summed E-state index contributed by atoms with van der Waals surface area (Å²) in [6, 6.07) is 13.2. The summed E-state index contributed by atoms with van der Waals surface area (Å²) in [4.78, 5) is 43.4. The molecule has 1 atom stereocenters. The van der Waals surface area contributed by atoms with Crippen LogP contribution in [-0.4, -0.2) is 54.4 Å². The van der Waals surface area contributed by atoms with Crippen molar-refractivity contribution in [2.24, 2.45) is 0 Å². The summed E-state index contributed by atoms with van der Waals surface area (Å²) in [6.45, 7) is 4.35. The van der Waals surface area contributed by atoms with Gasteiger partial charge in [-0.25, -0.2) is 0 Å². The minimum absolute atomic E-state index is 0.0951. The van der Waals surface area contributed by atoms with Gasteiger partial charge in [-0.2, -0.15) is 0 Å². The Morgan fingerprint density at radius 1 is 1.15 bits per heavy atom. The van der Waals surface area contributed by atoms with Crippen molar-refractivity contribution in [2.45, 2.75) is 12.0 Å². The molecule has 0 aliphatic carbocycles. The molecule has 2 aromatic carbocycles. The minimum Gasteiger partial charge on any atom is -0.507 e. The van der Waals surface area contributed by atoms with Crippen molar-refractivity contribution < 1.29 is 24.2 Å². The molecule has 1 saturated heterocycles. The minimum atomic E-state index is -1.79. The molecule has 2 aliphatic heterocycles. The number of amides is 2. The van der Waals surface area contributed by atoms with Crippen molar-refractivity contribution in [1.29, 1.82) is 0 Å². The van der Waals surface area contributed by atoms with E-state index >= 15 is 0 Å². The Kier molecular flexibility index (Phi) is 6.10. The maximum absolute atomic E-state index is 14.0. The van der Waals surface area contributed by atoms with E-state index < -0.39 is 28.9 Å². The van der Waals surface area contributed by atoms with Crippen LogP contribution in [-0.2, 0) is 24.7 Å². The van der Waals surface area contributed by atoms with Gasteiger partial charge in [-0.15, -0.1) is 6.58 Å². The molecular weight excluding hydrogens is 444 g/mol. The third-order valence-corrected chi connectivity index (χ3v) is 6.22. The first-order chi connectivity index (χ1) is 15.9. The molecule has 0 aromatic heterocycles. The van der Waals surface area contributed by atoms with Gasteiger partial charge in [0.05, 0.1) is 11.3 Å². The van der Waals surface area contributed by atoms with Gasteiger partial charge in [0, 0.05) is 43.0 Å². The molecule has 7 nitrogen and oxygen atoms in total. The van der Waals surface area contributed by atoms with Gasteiger partial charge in [0.2, 0.25) is 0 Å². The zero-order valence-electron chi connectivity index (χ0n) is 18.1. The molecule has 2 aliphatic rings. The zero-order chi connectivity index (χ0) is 23.8. The van der Waals surface area contributed by atoms with Gasteiger partial charge in [-0.1, -0.05) is 35.9 Å². The predicted molar refractivity (Wildman–Crippen MR) is 125 cm³/mol. The lowest BCUT2D eigenvalue weighted by Crippen LogP contribution is -2.52. The van der Waals surface area contributed by atoms with Crippen molar-refractivity contribution in [2.75, 3.05) is 31.7 Å². The third kappa shape index (κ3) is 3.35. The lowest BCUT2D eigenvalue weighted by Gasteiger charge is -2.34. The van der Waals surface area contributed by atoms with Crippen molar-refractivity contribution in [1.82, 2.24) is 4.90 Å². The number of methoxy groups -OCH3 is 1. The molecule has 2 amide bonds. The highest BCUT2D eigenvalue weighted by molar-refractivity contribution is 6.50. The monoisotopic (exact) mass is 466 g/mol. The van der Waals surface area contributed by atoms with Gasteiger partial charge in [0.25, 0.3) is 17.6 Å². The third-order valence-electron chi connectivity index (χ3n) is 5.97. The van der Waals surface area contributed by atoms with E-state index in [1.165, 1.54) is 29.0 Å². The summed E-state index contributed by atoms with van der Waals surface area (Å²) in [5.74, 6) is -2.67. The van der Waals surface area contributed by atoms with Crippen LogP contribution < -0.4 is 4.90 Å². The topological polar surface area (TPSA) is 87.2 Å². The van der Waals surface area contributed by atoms with E-state index in [1.807, 2.05) is 0 Å². The Morgan fingerprint density at radius 3 is 2.52 bits per heavy atom. The highest BCUT2D eigenvalue weighted by atomic mass is 35.5. The summed E-state index contributed by atoms with van der Waals surface area (Å²) in [7, 11) is 1.53. The first-order valence-corrected chi connectivity index (χ1v) is 10.8. The van der Waals surface area contributed by atoms with Crippen LogP contribution in [0.15, 0.2) is 66.8 Å². The Balaban J connectivity index is 2.02. The van der Waals surface area contributed by atoms with Crippen LogP contribution in [0.5, 0.6) is 0 Å². The first kappa shape index (κ1) is 22.8. The normalized spacial score (nSPS) is 21.2. The van der Waals surface area contributed by atoms with Crippen LogP contribution in [0.25, 0.3) is 5.76 Å². The number of anilines is 1. The molecule has 0 radical (unpaired) electrons. The number of ether oxygens (including phenoxy) is 1. The van der Waals surface area contributed by atoms with Gasteiger partial charge in [-0.05, 0) is 36.8 Å². The lowest BCUT2D eigenvalue weighted by atomic mass is 9.82. The molecule has 33 heavy (non-hydrogen) atoms. The number of nitrogens with zero attached hydrogens (tertiary/aromatic N) is 2. The maximum Gasteiger partial charge on any atom is 0.296 e. The summed E-state index contributed by atoms with van der Waals surface area (Å²) < 4.78 is 5.12. The van der Waals surface area contributed by atoms with Crippen LogP contribution >= 0.6 is 11.6 Å². The smallest absolute Gasteiger partial charge is 0.296 e. The zero-order valence-corrected chi connectivity index (χ0v) is 18.8. The van der Waals surface area contributed by atoms with E-state index in [4.69, 9.17) is 16.3 Å². The van der Waals surface area contributed by atoms with Gasteiger partial charge in [0.15, 0.2) is 5.54 Å². The fraction of sp³-hybridized carbons (Fsp3) is 0.240. The molecule has 0 bridgehead atoms. The van der Waals surface area contributed by atoms with Crippen molar-refractivity contribution in [3.63, 3.8) is 0 Å². The number of likely N-dealkylation sites (tertiary alicyclic amines) is 1. The number of ketones is 1. The van der Waals surface area contributed by atoms with Gasteiger partial charge < -0.3 is 19.6 Å². The summed E-state index contributed by atoms with van der Waals surface area (Å²) in [5.41, 5.74) is -0.741. The van der Waals surface area contributed by atoms with E-state index in [9.17, 15) is 19.5 Å². The van der Waals surface area contributed by atoms with Crippen LogP contribution in [0.2, 0.25) is 5.02 Å². The summed E-state index contributed by atoms with van der Waals surface area (Å²) >= 11 is 5.98. The number of benzene rings is 2. The number of fused-ring (bicyclic) bond motifs is 2. The summed E-state index contributed by atoms with van der Waals surface area (Å²) in [6.07, 6.45) is 1.98. The predicted octanol–water partition coefficient (Wildman–Crippen LogP) is 3.49. The second-order valence-electron chi connectivity index (χ2n) is 7.79. The number of hydrogen-bond acceptors (Lipinski definition) is 5. The fourth-order valence-electron chi connectivity index (χ4n) is 4.60. The van der Waals surface area contributed by atoms with Gasteiger partial charge >= 0.3 is 0 Å². The lowest BCUT2D eigenvalue weighted by molar-refractivity contribution is -0.143. The molecule has 2 aromatic rings. The molecule has 8 heteroatoms. The standard InChI is InChI=1S/C25H23ClN2O5/c1-3-13-27-19-8-5-4-7-18(19)25(24(27)32)20(21(29)16-9-11-17(26)12-10-16)22(30)23(31)28(25)14-6-15-33-2/h3-5,7-12,29H,1,6,13-15H2,2H3/b21-20-. The van der Waals surface area contributed by atoms with E-state index in [2.05, 4.69) is 6.58 Å². The maximum atomic E-state index is 14.0. The molecule has 1 fully saturated rings. The number of hydrogen-bond donors (Lipinski definition) is 1. The van der Waals surface area contributed by atoms with E-state index in [1.54, 1.807) is 42.5 Å². The number of aliphatic hydroxyl groups is 1. The number of carbonyl (C=O) groups excluding carboxylic acids is 3. The van der Waals surface area contributed by atoms with E-state index in [-0.39, 0.29) is 24.2 Å².